The highest BCUT2D eigenvalue weighted by atomic mass is 35.5. The SMILES string of the molecule is CC(C)C(NCc1ccc(Cl)s1)C(=O)O. The summed E-state index contributed by atoms with van der Waals surface area (Å²) >= 11 is 7.24. The molecule has 1 aromatic rings. The lowest BCUT2D eigenvalue weighted by atomic mass is 10.1. The van der Waals surface area contributed by atoms with Crippen molar-refractivity contribution >= 4 is 28.9 Å². The normalized spacial score (nSPS) is 13.1. The first-order valence-corrected chi connectivity index (χ1v) is 5.90. The number of thiophene rings is 1. The van der Waals surface area contributed by atoms with E-state index in [0.717, 1.165) is 9.21 Å². The first-order valence-electron chi connectivity index (χ1n) is 4.71. The van der Waals surface area contributed by atoms with Crippen LogP contribution in [-0.2, 0) is 11.3 Å². The zero-order chi connectivity index (χ0) is 11.4. The van der Waals surface area contributed by atoms with E-state index in [1.807, 2.05) is 26.0 Å². The Morgan fingerprint density at radius 2 is 2.27 bits per heavy atom. The van der Waals surface area contributed by atoms with Gasteiger partial charge in [0, 0.05) is 11.4 Å². The quantitative estimate of drug-likeness (QED) is 0.841. The standard InChI is InChI=1S/C10H14ClNO2S/c1-6(2)9(10(13)14)12-5-7-3-4-8(11)15-7/h3-4,6,9,12H,5H2,1-2H3,(H,13,14). The van der Waals surface area contributed by atoms with E-state index in [-0.39, 0.29) is 5.92 Å². The van der Waals surface area contributed by atoms with Gasteiger partial charge >= 0.3 is 5.97 Å². The van der Waals surface area contributed by atoms with E-state index in [2.05, 4.69) is 5.32 Å². The van der Waals surface area contributed by atoms with Gasteiger partial charge in [0.2, 0.25) is 0 Å². The van der Waals surface area contributed by atoms with Crippen molar-refractivity contribution in [2.75, 3.05) is 0 Å². The molecule has 1 atom stereocenters. The van der Waals surface area contributed by atoms with Gasteiger partial charge in [-0.15, -0.1) is 11.3 Å². The van der Waals surface area contributed by atoms with Gasteiger partial charge in [-0.05, 0) is 18.1 Å². The molecule has 0 fully saturated rings. The predicted molar refractivity (Wildman–Crippen MR) is 62.4 cm³/mol. The summed E-state index contributed by atoms with van der Waals surface area (Å²) in [5.74, 6) is -0.745. The Balaban J connectivity index is 2.50. The molecule has 0 aromatic carbocycles. The maximum Gasteiger partial charge on any atom is 0.320 e. The zero-order valence-electron chi connectivity index (χ0n) is 8.66. The molecule has 1 rings (SSSR count). The molecule has 1 aromatic heterocycles. The van der Waals surface area contributed by atoms with Gasteiger partial charge in [-0.1, -0.05) is 25.4 Å². The van der Waals surface area contributed by atoms with E-state index in [1.165, 1.54) is 11.3 Å². The number of aliphatic carboxylic acids is 1. The second-order valence-electron chi connectivity index (χ2n) is 3.65. The lowest BCUT2D eigenvalue weighted by Crippen LogP contribution is -2.40. The molecule has 0 aliphatic heterocycles. The van der Waals surface area contributed by atoms with Crippen LogP contribution >= 0.6 is 22.9 Å². The molecule has 15 heavy (non-hydrogen) atoms. The average molecular weight is 248 g/mol. The van der Waals surface area contributed by atoms with Gasteiger partial charge < -0.3 is 5.11 Å². The molecular weight excluding hydrogens is 234 g/mol. The van der Waals surface area contributed by atoms with Crippen molar-refractivity contribution in [3.8, 4) is 0 Å². The van der Waals surface area contributed by atoms with Gasteiger partial charge in [-0.3, -0.25) is 10.1 Å². The Hall–Kier alpha value is -0.580. The molecule has 0 saturated heterocycles. The third kappa shape index (κ3) is 3.81. The Morgan fingerprint density at radius 3 is 2.67 bits per heavy atom. The van der Waals surface area contributed by atoms with Crippen LogP contribution in [0, 0.1) is 5.92 Å². The summed E-state index contributed by atoms with van der Waals surface area (Å²) in [5, 5.41) is 11.9. The lowest BCUT2D eigenvalue weighted by molar-refractivity contribution is -0.140. The van der Waals surface area contributed by atoms with Crippen molar-refractivity contribution in [2.45, 2.75) is 26.4 Å². The maximum absolute atomic E-state index is 10.9. The number of halogens is 1. The summed E-state index contributed by atoms with van der Waals surface area (Å²) in [4.78, 5) is 11.9. The van der Waals surface area contributed by atoms with Crippen LogP contribution in [0.15, 0.2) is 12.1 Å². The number of hydrogen-bond acceptors (Lipinski definition) is 3. The molecule has 0 aliphatic rings. The molecule has 1 heterocycles. The third-order valence-electron chi connectivity index (χ3n) is 2.06. The Morgan fingerprint density at radius 1 is 1.60 bits per heavy atom. The fourth-order valence-corrected chi connectivity index (χ4v) is 2.30. The molecule has 0 aliphatic carbocycles. The van der Waals surface area contributed by atoms with Crippen molar-refractivity contribution < 1.29 is 9.90 Å². The highest BCUT2D eigenvalue weighted by molar-refractivity contribution is 7.16. The van der Waals surface area contributed by atoms with Crippen LogP contribution in [0.2, 0.25) is 4.34 Å². The molecule has 3 nitrogen and oxygen atoms in total. The summed E-state index contributed by atoms with van der Waals surface area (Å²) in [5.41, 5.74) is 0. The molecule has 0 radical (unpaired) electrons. The lowest BCUT2D eigenvalue weighted by Gasteiger charge is -2.17. The summed E-state index contributed by atoms with van der Waals surface area (Å²) < 4.78 is 0.725. The van der Waals surface area contributed by atoms with Gasteiger partial charge in [0.15, 0.2) is 0 Å². The Kier molecular flexibility index (Phi) is 4.57. The highest BCUT2D eigenvalue weighted by Crippen LogP contribution is 2.21. The van der Waals surface area contributed by atoms with Crippen molar-refractivity contribution in [2.24, 2.45) is 5.92 Å². The number of rotatable bonds is 5. The van der Waals surface area contributed by atoms with Gasteiger partial charge in [0.1, 0.15) is 6.04 Å². The first kappa shape index (κ1) is 12.5. The van der Waals surface area contributed by atoms with Crippen LogP contribution in [0.3, 0.4) is 0 Å². The van der Waals surface area contributed by atoms with E-state index in [0.29, 0.717) is 6.54 Å². The molecule has 0 bridgehead atoms. The Labute approximate surface area is 98.1 Å². The molecule has 84 valence electrons. The minimum atomic E-state index is -0.812. The number of nitrogens with one attached hydrogen (secondary N) is 1. The van der Waals surface area contributed by atoms with Crippen LogP contribution in [0.5, 0.6) is 0 Å². The summed E-state index contributed by atoms with van der Waals surface area (Å²) in [6.45, 7) is 4.31. The van der Waals surface area contributed by atoms with Crippen molar-refractivity contribution in [1.29, 1.82) is 0 Å². The minimum Gasteiger partial charge on any atom is -0.480 e. The molecule has 0 amide bonds. The van der Waals surface area contributed by atoms with Crippen LogP contribution in [-0.4, -0.2) is 17.1 Å². The topological polar surface area (TPSA) is 49.3 Å². The zero-order valence-corrected chi connectivity index (χ0v) is 10.2. The summed E-state index contributed by atoms with van der Waals surface area (Å²) in [7, 11) is 0. The fraction of sp³-hybridized carbons (Fsp3) is 0.500. The molecule has 1 unspecified atom stereocenters. The van der Waals surface area contributed by atoms with E-state index in [4.69, 9.17) is 16.7 Å². The van der Waals surface area contributed by atoms with Crippen LogP contribution in [0.4, 0.5) is 0 Å². The van der Waals surface area contributed by atoms with Crippen LogP contribution in [0.1, 0.15) is 18.7 Å². The molecular formula is C10H14ClNO2S. The highest BCUT2D eigenvalue weighted by Gasteiger charge is 2.20. The summed E-state index contributed by atoms with van der Waals surface area (Å²) in [6.07, 6.45) is 0. The minimum absolute atomic E-state index is 0.0675. The molecule has 0 spiro atoms. The van der Waals surface area contributed by atoms with Crippen molar-refractivity contribution in [3.05, 3.63) is 21.3 Å². The Bertz CT molecular complexity index is 338. The second-order valence-corrected chi connectivity index (χ2v) is 5.45. The first-order chi connectivity index (χ1) is 7.00. The van der Waals surface area contributed by atoms with E-state index >= 15 is 0 Å². The molecule has 5 heteroatoms. The van der Waals surface area contributed by atoms with Gasteiger partial charge in [-0.2, -0.15) is 0 Å². The smallest absolute Gasteiger partial charge is 0.320 e. The number of hydrogen-bond donors (Lipinski definition) is 2. The largest absolute Gasteiger partial charge is 0.480 e. The van der Waals surface area contributed by atoms with Crippen LogP contribution < -0.4 is 5.32 Å². The number of carboxylic acid groups (broad SMARTS) is 1. The van der Waals surface area contributed by atoms with Crippen molar-refractivity contribution in [3.63, 3.8) is 0 Å². The molecule has 0 saturated carbocycles. The predicted octanol–water partition coefficient (Wildman–Crippen LogP) is 2.60. The van der Waals surface area contributed by atoms with E-state index in [1.54, 1.807) is 0 Å². The van der Waals surface area contributed by atoms with Gasteiger partial charge in [-0.25, -0.2) is 0 Å². The fourth-order valence-electron chi connectivity index (χ4n) is 1.27. The molecule has 2 N–H and O–H groups in total. The number of carboxylic acids is 1. The second kappa shape index (κ2) is 5.49. The van der Waals surface area contributed by atoms with Gasteiger partial charge in [0.25, 0.3) is 0 Å². The summed E-state index contributed by atoms with van der Waals surface area (Å²) in [6, 6.07) is 3.21. The van der Waals surface area contributed by atoms with Crippen LogP contribution in [0.25, 0.3) is 0 Å². The third-order valence-corrected chi connectivity index (χ3v) is 3.29. The maximum atomic E-state index is 10.9. The van der Waals surface area contributed by atoms with E-state index < -0.39 is 12.0 Å². The monoisotopic (exact) mass is 247 g/mol. The van der Waals surface area contributed by atoms with Gasteiger partial charge in [0.05, 0.1) is 4.34 Å². The van der Waals surface area contributed by atoms with Crippen molar-refractivity contribution in [1.82, 2.24) is 5.32 Å². The van der Waals surface area contributed by atoms with E-state index in [9.17, 15) is 4.79 Å². The average Bonchev–Trinajstić information content (AvgIpc) is 2.50. The number of carbonyl (C=O) groups is 1.